The molecule has 0 aliphatic rings. The molecule has 0 saturated heterocycles. The number of rotatable bonds is 6. The van der Waals surface area contributed by atoms with Gasteiger partial charge in [-0.1, -0.05) is 30.3 Å². The fourth-order valence-electron chi connectivity index (χ4n) is 1.81. The summed E-state index contributed by atoms with van der Waals surface area (Å²) in [6.07, 6.45) is 3.22. The molecule has 0 aliphatic carbocycles. The van der Waals surface area contributed by atoms with Gasteiger partial charge < -0.3 is 15.5 Å². The number of carbonyl (C=O) groups is 1. The number of carboxylic acid groups (broad SMARTS) is 1. The molecule has 1 heterocycles. The third-order valence-electron chi connectivity index (χ3n) is 2.75. The van der Waals surface area contributed by atoms with E-state index in [0.29, 0.717) is 12.2 Å². The Bertz CT molecular complexity index is 575. The van der Waals surface area contributed by atoms with Crippen LogP contribution in [-0.4, -0.2) is 38.8 Å². The molecule has 2 aromatic rings. The van der Waals surface area contributed by atoms with Crippen LogP contribution >= 0.6 is 0 Å². The first-order valence-corrected chi connectivity index (χ1v) is 6.15. The molecule has 0 bridgehead atoms. The van der Waals surface area contributed by atoms with Crippen LogP contribution in [0.2, 0.25) is 0 Å². The Morgan fingerprint density at radius 2 is 2.00 bits per heavy atom. The first-order chi connectivity index (χ1) is 9.69. The Kier molecular flexibility index (Phi) is 4.62. The van der Waals surface area contributed by atoms with Gasteiger partial charge in [-0.15, -0.1) is 0 Å². The normalized spacial score (nSPS) is 11.8. The van der Waals surface area contributed by atoms with E-state index < -0.39 is 5.97 Å². The van der Waals surface area contributed by atoms with Gasteiger partial charge in [-0.05, 0) is 12.0 Å². The minimum absolute atomic E-state index is 0.0894. The number of nitrogens with zero attached hydrogens (tertiary/aromatic N) is 2. The summed E-state index contributed by atoms with van der Waals surface area (Å²) in [6.45, 7) is -0.0894. The lowest BCUT2D eigenvalue weighted by molar-refractivity contribution is 0.0690. The van der Waals surface area contributed by atoms with Gasteiger partial charge in [0.25, 0.3) is 0 Å². The molecular weight excluding hydrogens is 258 g/mol. The Labute approximate surface area is 116 Å². The average molecular weight is 273 g/mol. The second-order valence-corrected chi connectivity index (χ2v) is 4.31. The van der Waals surface area contributed by atoms with E-state index >= 15 is 0 Å². The number of aromatic carboxylic acids is 1. The second kappa shape index (κ2) is 6.63. The summed E-state index contributed by atoms with van der Waals surface area (Å²) in [5.74, 6) is -0.801. The summed E-state index contributed by atoms with van der Waals surface area (Å²) in [7, 11) is 0. The first kappa shape index (κ1) is 14.0. The van der Waals surface area contributed by atoms with Crippen molar-refractivity contribution in [1.29, 1.82) is 0 Å². The summed E-state index contributed by atoms with van der Waals surface area (Å²) >= 11 is 0. The van der Waals surface area contributed by atoms with Crippen LogP contribution in [0.3, 0.4) is 0 Å². The van der Waals surface area contributed by atoms with E-state index in [9.17, 15) is 9.90 Å². The Morgan fingerprint density at radius 1 is 1.25 bits per heavy atom. The third-order valence-corrected chi connectivity index (χ3v) is 2.75. The lowest BCUT2D eigenvalue weighted by atomic mass is 10.1. The Hall–Kier alpha value is -2.47. The van der Waals surface area contributed by atoms with Crippen LogP contribution < -0.4 is 5.32 Å². The number of nitrogens with one attached hydrogen (secondary N) is 1. The van der Waals surface area contributed by atoms with Gasteiger partial charge in [0.15, 0.2) is 5.69 Å². The highest BCUT2D eigenvalue weighted by atomic mass is 16.4. The van der Waals surface area contributed by atoms with Gasteiger partial charge in [0.05, 0.1) is 25.0 Å². The predicted octanol–water partition coefficient (Wildman–Crippen LogP) is 1.19. The largest absolute Gasteiger partial charge is 0.476 e. The van der Waals surface area contributed by atoms with Crippen molar-refractivity contribution in [3.63, 3.8) is 0 Å². The van der Waals surface area contributed by atoms with Crippen molar-refractivity contribution in [3.8, 4) is 0 Å². The van der Waals surface area contributed by atoms with Gasteiger partial charge in [0, 0.05) is 0 Å². The van der Waals surface area contributed by atoms with Crippen LogP contribution in [-0.2, 0) is 6.42 Å². The highest BCUT2D eigenvalue weighted by Gasteiger charge is 2.11. The van der Waals surface area contributed by atoms with Crippen molar-refractivity contribution in [1.82, 2.24) is 9.97 Å². The van der Waals surface area contributed by atoms with Gasteiger partial charge >= 0.3 is 5.97 Å². The van der Waals surface area contributed by atoms with Crippen molar-refractivity contribution < 1.29 is 15.0 Å². The maximum absolute atomic E-state index is 10.8. The summed E-state index contributed by atoms with van der Waals surface area (Å²) < 4.78 is 0. The highest BCUT2D eigenvalue weighted by molar-refractivity contribution is 5.85. The fraction of sp³-hybridized carbons (Fsp3) is 0.214. The summed E-state index contributed by atoms with van der Waals surface area (Å²) in [5, 5.41) is 21.2. The zero-order valence-corrected chi connectivity index (χ0v) is 10.7. The van der Waals surface area contributed by atoms with Crippen molar-refractivity contribution >= 4 is 11.8 Å². The molecule has 0 spiro atoms. The van der Waals surface area contributed by atoms with Gasteiger partial charge in [-0.2, -0.15) is 0 Å². The van der Waals surface area contributed by atoms with E-state index in [1.165, 1.54) is 12.4 Å². The number of aromatic nitrogens is 2. The smallest absolute Gasteiger partial charge is 0.356 e. The minimum atomic E-state index is -1.13. The lowest BCUT2D eigenvalue weighted by Crippen LogP contribution is -2.27. The van der Waals surface area contributed by atoms with E-state index in [0.717, 1.165) is 5.56 Å². The van der Waals surface area contributed by atoms with Gasteiger partial charge in [-0.25, -0.2) is 9.78 Å². The van der Waals surface area contributed by atoms with E-state index in [1.807, 2.05) is 30.3 Å². The molecule has 2 rings (SSSR count). The Balaban J connectivity index is 2.06. The predicted molar refractivity (Wildman–Crippen MR) is 73.6 cm³/mol. The van der Waals surface area contributed by atoms with E-state index in [1.54, 1.807) is 0 Å². The number of aliphatic hydroxyl groups is 1. The molecule has 1 atom stereocenters. The van der Waals surface area contributed by atoms with Crippen LogP contribution in [0.4, 0.5) is 5.82 Å². The topological polar surface area (TPSA) is 95.3 Å². The number of benzene rings is 1. The third kappa shape index (κ3) is 3.76. The van der Waals surface area contributed by atoms with Gasteiger partial charge in [0.2, 0.25) is 0 Å². The van der Waals surface area contributed by atoms with E-state index in [2.05, 4.69) is 15.3 Å². The molecule has 6 nitrogen and oxygen atoms in total. The molecule has 0 fully saturated rings. The first-order valence-electron chi connectivity index (χ1n) is 6.15. The molecule has 1 aromatic heterocycles. The van der Waals surface area contributed by atoms with Crippen LogP contribution in [0, 0.1) is 0 Å². The van der Waals surface area contributed by atoms with Crippen molar-refractivity contribution in [3.05, 3.63) is 54.0 Å². The summed E-state index contributed by atoms with van der Waals surface area (Å²) in [5.41, 5.74) is 0.938. The fourth-order valence-corrected chi connectivity index (χ4v) is 1.81. The maximum Gasteiger partial charge on any atom is 0.356 e. The quantitative estimate of drug-likeness (QED) is 0.731. The molecule has 0 radical (unpaired) electrons. The standard InChI is InChI=1S/C14H15N3O3/c18-9-11(6-10-4-2-1-3-5-10)16-13-8-15-7-12(17-13)14(19)20/h1-5,7-8,11,18H,6,9H2,(H,16,17)(H,19,20). The number of aliphatic hydroxyl groups excluding tert-OH is 1. The summed E-state index contributed by atoms with van der Waals surface area (Å²) in [4.78, 5) is 18.6. The molecule has 104 valence electrons. The molecule has 1 unspecified atom stereocenters. The number of hydrogen-bond donors (Lipinski definition) is 3. The molecule has 20 heavy (non-hydrogen) atoms. The molecular formula is C14H15N3O3. The zero-order chi connectivity index (χ0) is 14.4. The lowest BCUT2D eigenvalue weighted by Gasteiger charge is -2.16. The van der Waals surface area contributed by atoms with Gasteiger partial charge in [0.1, 0.15) is 5.82 Å². The van der Waals surface area contributed by atoms with Crippen molar-refractivity contribution in [2.45, 2.75) is 12.5 Å². The van der Waals surface area contributed by atoms with Crippen LogP contribution in [0.25, 0.3) is 0 Å². The zero-order valence-electron chi connectivity index (χ0n) is 10.7. The second-order valence-electron chi connectivity index (χ2n) is 4.31. The molecule has 3 N–H and O–H groups in total. The molecule has 0 amide bonds. The molecule has 0 saturated carbocycles. The maximum atomic E-state index is 10.8. The van der Waals surface area contributed by atoms with Crippen LogP contribution in [0.5, 0.6) is 0 Å². The van der Waals surface area contributed by atoms with Gasteiger partial charge in [-0.3, -0.25) is 4.98 Å². The summed E-state index contributed by atoms with van der Waals surface area (Å²) in [6, 6.07) is 9.44. The monoisotopic (exact) mass is 273 g/mol. The Morgan fingerprint density at radius 3 is 2.65 bits per heavy atom. The number of anilines is 1. The molecule has 0 aliphatic heterocycles. The van der Waals surface area contributed by atoms with Crippen LogP contribution in [0.15, 0.2) is 42.7 Å². The number of carboxylic acids is 1. The van der Waals surface area contributed by atoms with Crippen LogP contribution in [0.1, 0.15) is 16.1 Å². The van der Waals surface area contributed by atoms with Crippen molar-refractivity contribution in [2.24, 2.45) is 0 Å². The SMILES string of the molecule is O=C(O)c1cncc(NC(CO)Cc2ccccc2)n1. The van der Waals surface area contributed by atoms with E-state index in [-0.39, 0.29) is 18.3 Å². The minimum Gasteiger partial charge on any atom is -0.476 e. The number of hydrogen-bond acceptors (Lipinski definition) is 5. The highest BCUT2D eigenvalue weighted by Crippen LogP contribution is 2.09. The molecule has 6 heteroatoms. The average Bonchev–Trinajstić information content (AvgIpc) is 2.48. The van der Waals surface area contributed by atoms with Crippen molar-refractivity contribution in [2.75, 3.05) is 11.9 Å². The molecule has 1 aromatic carbocycles. The van der Waals surface area contributed by atoms with E-state index in [4.69, 9.17) is 5.11 Å².